The normalized spacial score (nSPS) is 14.1. The summed E-state index contributed by atoms with van der Waals surface area (Å²) in [4.78, 5) is 23.1. The van der Waals surface area contributed by atoms with Crippen LogP contribution in [0.15, 0.2) is 31.0 Å². The molecular formula is C15H17N5O2. The van der Waals surface area contributed by atoms with Crippen molar-refractivity contribution in [2.45, 2.75) is 32.2 Å². The largest absolute Gasteiger partial charge is 0.479 e. The third kappa shape index (κ3) is 2.14. The topological polar surface area (TPSA) is 96.7 Å². The Hall–Kier alpha value is -2.70. The first kappa shape index (κ1) is 14.2. The van der Waals surface area contributed by atoms with Gasteiger partial charge in [0.1, 0.15) is 12.0 Å². The summed E-state index contributed by atoms with van der Waals surface area (Å²) in [6.45, 7) is 3.64. The molecule has 0 aliphatic rings. The number of fused-ring (bicyclic) bond motifs is 1. The Morgan fingerprint density at radius 2 is 2.27 bits per heavy atom. The van der Waals surface area contributed by atoms with Crippen LogP contribution in [0.2, 0.25) is 0 Å². The number of H-pyrrole nitrogens is 1. The molecule has 0 saturated carbocycles. The van der Waals surface area contributed by atoms with Crippen LogP contribution in [-0.2, 0) is 10.3 Å². The molecule has 1 atom stereocenters. The van der Waals surface area contributed by atoms with E-state index in [1.54, 1.807) is 25.5 Å². The van der Waals surface area contributed by atoms with Gasteiger partial charge in [-0.1, -0.05) is 13.3 Å². The van der Waals surface area contributed by atoms with Gasteiger partial charge in [0.2, 0.25) is 0 Å². The quantitative estimate of drug-likeness (QED) is 0.754. The molecule has 0 amide bonds. The van der Waals surface area contributed by atoms with Gasteiger partial charge in [-0.3, -0.25) is 4.68 Å². The number of nitrogens with one attached hydrogen (secondary N) is 1. The summed E-state index contributed by atoms with van der Waals surface area (Å²) in [5, 5.41) is 14.7. The maximum absolute atomic E-state index is 11.6. The van der Waals surface area contributed by atoms with E-state index in [0.717, 1.165) is 28.7 Å². The van der Waals surface area contributed by atoms with E-state index in [0.29, 0.717) is 6.42 Å². The molecule has 3 aromatic rings. The molecule has 0 aliphatic heterocycles. The fraction of sp³-hybridized carbons (Fsp3) is 0.333. The summed E-state index contributed by atoms with van der Waals surface area (Å²) in [5.41, 5.74) is 1.20. The molecule has 3 rings (SSSR count). The molecule has 7 nitrogen and oxygen atoms in total. The molecule has 3 heterocycles. The zero-order valence-electron chi connectivity index (χ0n) is 12.4. The lowest BCUT2D eigenvalue weighted by atomic mass is 9.97. The first-order valence-corrected chi connectivity index (χ1v) is 7.13. The summed E-state index contributed by atoms with van der Waals surface area (Å²) in [6, 6.07) is 1.89. The average Bonchev–Trinajstić information content (AvgIpc) is 3.16. The third-order valence-corrected chi connectivity index (χ3v) is 3.91. The van der Waals surface area contributed by atoms with Crippen LogP contribution in [0.4, 0.5) is 0 Å². The van der Waals surface area contributed by atoms with Crippen LogP contribution in [0.3, 0.4) is 0 Å². The van der Waals surface area contributed by atoms with E-state index < -0.39 is 11.5 Å². The van der Waals surface area contributed by atoms with E-state index in [1.165, 1.54) is 11.0 Å². The number of aromatic nitrogens is 5. The van der Waals surface area contributed by atoms with Gasteiger partial charge in [-0.2, -0.15) is 5.10 Å². The summed E-state index contributed by atoms with van der Waals surface area (Å²) < 4.78 is 1.51. The van der Waals surface area contributed by atoms with E-state index in [4.69, 9.17) is 0 Å². The highest BCUT2D eigenvalue weighted by Crippen LogP contribution is 2.28. The summed E-state index contributed by atoms with van der Waals surface area (Å²) in [7, 11) is 0. The Morgan fingerprint density at radius 1 is 1.45 bits per heavy atom. The molecule has 3 aromatic heterocycles. The van der Waals surface area contributed by atoms with Crippen molar-refractivity contribution < 1.29 is 9.90 Å². The lowest BCUT2D eigenvalue weighted by Crippen LogP contribution is -2.39. The van der Waals surface area contributed by atoms with Crippen molar-refractivity contribution in [1.29, 1.82) is 0 Å². The van der Waals surface area contributed by atoms with Gasteiger partial charge in [-0.15, -0.1) is 0 Å². The van der Waals surface area contributed by atoms with Crippen LogP contribution >= 0.6 is 0 Å². The van der Waals surface area contributed by atoms with Crippen LogP contribution in [0, 0.1) is 0 Å². The van der Waals surface area contributed by atoms with Gasteiger partial charge in [-0.05, 0) is 19.4 Å². The molecule has 2 N–H and O–H groups in total. The molecule has 114 valence electrons. The minimum absolute atomic E-state index is 0.507. The first-order valence-electron chi connectivity index (χ1n) is 7.13. The number of rotatable bonds is 5. The number of carboxylic acids is 1. The van der Waals surface area contributed by atoms with E-state index in [9.17, 15) is 9.90 Å². The van der Waals surface area contributed by atoms with Crippen LogP contribution in [0.5, 0.6) is 0 Å². The Balaban J connectivity index is 2.07. The van der Waals surface area contributed by atoms with Gasteiger partial charge in [0.05, 0.1) is 11.9 Å². The molecule has 0 aromatic carbocycles. The average molecular weight is 299 g/mol. The van der Waals surface area contributed by atoms with Gasteiger partial charge in [0.15, 0.2) is 5.54 Å². The molecule has 7 heteroatoms. The van der Waals surface area contributed by atoms with Gasteiger partial charge in [0.25, 0.3) is 0 Å². The van der Waals surface area contributed by atoms with Gasteiger partial charge >= 0.3 is 5.97 Å². The summed E-state index contributed by atoms with van der Waals surface area (Å²) in [5.74, 6) is -0.890. The monoisotopic (exact) mass is 299 g/mol. The van der Waals surface area contributed by atoms with Crippen molar-refractivity contribution in [2.24, 2.45) is 0 Å². The molecule has 0 fully saturated rings. The summed E-state index contributed by atoms with van der Waals surface area (Å²) >= 11 is 0. The van der Waals surface area contributed by atoms with Crippen LogP contribution in [-0.4, -0.2) is 35.8 Å². The minimum atomic E-state index is -1.06. The Kier molecular flexibility index (Phi) is 3.40. The zero-order valence-corrected chi connectivity index (χ0v) is 12.4. The highest BCUT2D eigenvalue weighted by molar-refractivity contribution is 5.90. The smallest absolute Gasteiger partial charge is 0.331 e. The van der Waals surface area contributed by atoms with E-state index in [2.05, 4.69) is 20.1 Å². The molecule has 0 bridgehead atoms. The van der Waals surface area contributed by atoms with Crippen molar-refractivity contribution >= 4 is 17.0 Å². The molecule has 0 saturated heterocycles. The Labute approximate surface area is 127 Å². The van der Waals surface area contributed by atoms with Gasteiger partial charge in [0, 0.05) is 23.3 Å². The van der Waals surface area contributed by atoms with E-state index in [1.807, 2.05) is 13.0 Å². The molecule has 22 heavy (non-hydrogen) atoms. The number of hydrogen-bond donors (Lipinski definition) is 2. The van der Waals surface area contributed by atoms with Crippen LogP contribution < -0.4 is 0 Å². The minimum Gasteiger partial charge on any atom is -0.479 e. The van der Waals surface area contributed by atoms with E-state index >= 15 is 0 Å². The second kappa shape index (κ2) is 5.25. The van der Waals surface area contributed by atoms with Crippen LogP contribution in [0.1, 0.15) is 26.7 Å². The number of hydrogen-bond acceptors (Lipinski definition) is 4. The van der Waals surface area contributed by atoms with E-state index in [-0.39, 0.29) is 0 Å². The maximum atomic E-state index is 11.6. The number of nitrogens with zero attached hydrogens (tertiary/aromatic N) is 4. The Bertz CT molecular complexity index is 822. The highest BCUT2D eigenvalue weighted by Gasteiger charge is 2.35. The first-order chi connectivity index (χ1) is 10.6. The molecule has 1 unspecified atom stereocenters. The van der Waals surface area contributed by atoms with Crippen molar-refractivity contribution in [1.82, 2.24) is 24.7 Å². The van der Waals surface area contributed by atoms with Crippen molar-refractivity contribution in [3.63, 3.8) is 0 Å². The number of carbonyl (C=O) groups is 1. The fourth-order valence-electron chi connectivity index (χ4n) is 2.62. The predicted octanol–water partition coefficient (Wildman–Crippen LogP) is 2.42. The number of carboxylic acid groups (broad SMARTS) is 1. The fourth-order valence-corrected chi connectivity index (χ4v) is 2.62. The lowest BCUT2D eigenvalue weighted by molar-refractivity contribution is -0.147. The maximum Gasteiger partial charge on any atom is 0.331 e. The second-order valence-corrected chi connectivity index (χ2v) is 5.46. The second-order valence-electron chi connectivity index (χ2n) is 5.46. The molecule has 0 radical (unpaired) electrons. The molecular weight excluding hydrogens is 282 g/mol. The molecule has 0 aliphatic carbocycles. The SMILES string of the molecule is CCCC(C)(C(=O)O)n1cc(-c2ncnc3[nH]ccc23)cn1. The summed E-state index contributed by atoms with van der Waals surface area (Å²) in [6.07, 6.45) is 7.92. The van der Waals surface area contributed by atoms with Crippen molar-refractivity contribution in [2.75, 3.05) is 0 Å². The van der Waals surface area contributed by atoms with Crippen LogP contribution in [0.25, 0.3) is 22.3 Å². The zero-order chi connectivity index (χ0) is 15.7. The number of aliphatic carboxylic acids is 1. The van der Waals surface area contributed by atoms with Crippen molar-refractivity contribution in [3.8, 4) is 11.3 Å². The highest BCUT2D eigenvalue weighted by atomic mass is 16.4. The van der Waals surface area contributed by atoms with Crippen molar-refractivity contribution in [3.05, 3.63) is 31.0 Å². The third-order valence-electron chi connectivity index (χ3n) is 3.91. The lowest BCUT2D eigenvalue weighted by Gasteiger charge is -2.24. The predicted molar refractivity (Wildman–Crippen MR) is 81.3 cm³/mol. The van der Waals surface area contributed by atoms with Gasteiger partial charge in [-0.25, -0.2) is 14.8 Å². The van der Waals surface area contributed by atoms with Gasteiger partial charge < -0.3 is 10.1 Å². The molecule has 0 spiro atoms. The number of aromatic amines is 1. The standard InChI is InChI=1S/C15H17N5O2/c1-3-5-15(2,14(21)22)20-8-10(7-19-20)12-11-4-6-16-13(11)18-9-17-12/h4,6-9H,3,5H2,1-2H3,(H,21,22)(H,16,17,18). The Morgan fingerprint density at radius 3 is 3.00 bits per heavy atom.